The average molecular weight is 364 g/mol. The van der Waals surface area contributed by atoms with Gasteiger partial charge >= 0.3 is 0 Å². The minimum atomic E-state index is -3.89. The van der Waals surface area contributed by atoms with Gasteiger partial charge in [0, 0.05) is 6.07 Å². The number of nitrogens with one attached hydrogen (secondary N) is 1. The monoisotopic (exact) mass is 364 g/mol. The van der Waals surface area contributed by atoms with Crippen molar-refractivity contribution >= 4 is 21.4 Å². The van der Waals surface area contributed by atoms with Gasteiger partial charge in [0.25, 0.3) is 15.7 Å². The first-order chi connectivity index (χ1) is 11.6. The van der Waals surface area contributed by atoms with Gasteiger partial charge in [0.1, 0.15) is 5.75 Å². The summed E-state index contributed by atoms with van der Waals surface area (Å²) in [5.41, 5.74) is 3.04. The summed E-state index contributed by atoms with van der Waals surface area (Å²) < 4.78 is 33.4. The van der Waals surface area contributed by atoms with Crippen LogP contribution in [0.4, 0.5) is 11.4 Å². The van der Waals surface area contributed by atoms with E-state index in [0.29, 0.717) is 11.1 Å². The quantitative estimate of drug-likeness (QED) is 0.645. The van der Waals surface area contributed by atoms with Crippen molar-refractivity contribution in [2.24, 2.45) is 0 Å². The number of anilines is 1. The van der Waals surface area contributed by atoms with E-state index >= 15 is 0 Å². The van der Waals surface area contributed by atoms with Crippen LogP contribution < -0.4 is 9.46 Å². The Bertz CT molecular complexity index is 926. The Morgan fingerprint density at radius 3 is 2.08 bits per heavy atom. The van der Waals surface area contributed by atoms with Gasteiger partial charge in [0.15, 0.2) is 0 Å². The van der Waals surface area contributed by atoms with Crippen LogP contribution in [0.5, 0.6) is 5.75 Å². The Morgan fingerprint density at radius 1 is 1.04 bits per heavy atom. The fourth-order valence-corrected chi connectivity index (χ4v) is 4.35. The number of hydrogen-bond acceptors (Lipinski definition) is 5. The predicted octanol–water partition coefficient (Wildman–Crippen LogP) is 3.64. The van der Waals surface area contributed by atoms with Gasteiger partial charge in [-0.25, -0.2) is 8.42 Å². The van der Waals surface area contributed by atoms with Gasteiger partial charge < -0.3 is 4.74 Å². The van der Waals surface area contributed by atoms with Crippen molar-refractivity contribution in [2.75, 3.05) is 11.8 Å². The van der Waals surface area contributed by atoms with Gasteiger partial charge in [-0.3, -0.25) is 14.8 Å². The minimum Gasteiger partial charge on any atom is -0.494 e. The summed E-state index contributed by atoms with van der Waals surface area (Å²) in [5.74, 6) is 0.0810. The van der Waals surface area contributed by atoms with Crippen molar-refractivity contribution in [3.05, 3.63) is 56.6 Å². The second-order valence-electron chi connectivity index (χ2n) is 5.84. The van der Waals surface area contributed by atoms with E-state index < -0.39 is 14.9 Å². The molecule has 0 bridgehead atoms. The molecule has 7 nitrogen and oxygen atoms in total. The molecule has 0 unspecified atom stereocenters. The van der Waals surface area contributed by atoms with Gasteiger partial charge in [-0.1, -0.05) is 6.07 Å². The van der Waals surface area contributed by atoms with Crippen molar-refractivity contribution in [3.63, 3.8) is 0 Å². The molecule has 25 heavy (non-hydrogen) atoms. The van der Waals surface area contributed by atoms with Crippen LogP contribution in [0.1, 0.15) is 22.3 Å². The lowest BCUT2D eigenvalue weighted by molar-refractivity contribution is -0.384. The number of rotatable bonds is 5. The summed E-state index contributed by atoms with van der Waals surface area (Å²) in [6, 6.07) is 5.67. The molecule has 0 amide bonds. The minimum absolute atomic E-state index is 0.0810. The van der Waals surface area contributed by atoms with Gasteiger partial charge in [-0.2, -0.15) is 0 Å². The zero-order chi connectivity index (χ0) is 18.9. The lowest BCUT2D eigenvalue weighted by atomic mass is 10.0. The average Bonchev–Trinajstić information content (AvgIpc) is 2.52. The lowest BCUT2D eigenvalue weighted by Gasteiger charge is -2.17. The van der Waals surface area contributed by atoms with E-state index in [0.717, 1.165) is 11.1 Å². The van der Waals surface area contributed by atoms with Crippen LogP contribution in [-0.2, 0) is 10.0 Å². The zero-order valence-electron chi connectivity index (χ0n) is 14.7. The molecule has 0 atom stereocenters. The number of hydrogen-bond donors (Lipinski definition) is 1. The smallest absolute Gasteiger partial charge is 0.273 e. The van der Waals surface area contributed by atoms with E-state index in [1.807, 2.05) is 19.9 Å². The highest BCUT2D eigenvalue weighted by Crippen LogP contribution is 2.33. The third-order valence-corrected chi connectivity index (χ3v) is 5.84. The summed E-state index contributed by atoms with van der Waals surface area (Å²) in [6.07, 6.45) is 0. The Morgan fingerprint density at radius 2 is 1.60 bits per heavy atom. The molecule has 8 heteroatoms. The number of nitro benzene ring substituents is 1. The first kappa shape index (κ1) is 18.7. The van der Waals surface area contributed by atoms with E-state index in [1.165, 1.54) is 25.3 Å². The van der Waals surface area contributed by atoms with Gasteiger partial charge in [0.2, 0.25) is 0 Å². The number of nitrogens with zero attached hydrogens (tertiary/aromatic N) is 1. The molecule has 1 N–H and O–H groups in total. The molecule has 0 saturated heterocycles. The van der Waals surface area contributed by atoms with E-state index in [2.05, 4.69) is 4.72 Å². The molecular formula is C17H20N2O5S. The fourth-order valence-electron chi connectivity index (χ4n) is 2.66. The molecule has 0 fully saturated rings. The Hall–Kier alpha value is -2.61. The van der Waals surface area contributed by atoms with E-state index in [1.54, 1.807) is 13.8 Å². The first-order valence-electron chi connectivity index (χ1n) is 7.51. The maximum atomic E-state index is 12.9. The highest BCUT2D eigenvalue weighted by atomic mass is 32.2. The molecule has 2 rings (SSSR count). The third-order valence-electron chi connectivity index (χ3n) is 4.21. The van der Waals surface area contributed by atoms with Gasteiger partial charge in [-0.05, 0) is 56.0 Å². The second kappa shape index (κ2) is 6.72. The van der Waals surface area contributed by atoms with Crippen LogP contribution in [-0.4, -0.2) is 20.5 Å². The number of non-ortho nitro benzene ring substituents is 1. The molecule has 2 aromatic carbocycles. The van der Waals surface area contributed by atoms with Crippen LogP contribution in [0.15, 0.2) is 29.2 Å². The molecular weight excluding hydrogens is 344 g/mol. The van der Waals surface area contributed by atoms with Crippen molar-refractivity contribution in [1.82, 2.24) is 0 Å². The van der Waals surface area contributed by atoms with Crippen LogP contribution in [0, 0.1) is 37.8 Å². The van der Waals surface area contributed by atoms with Gasteiger partial charge in [-0.15, -0.1) is 0 Å². The second-order valence-corrected chi connectivity index (χ2v) is 7.46. The van der Waals surface area contributed by atoms with E-state index in [4.69, 9.17) is 4.74 Å². The SMILES string of the molecule is COc1cc([N+](=O)[O-])ccc1NS(=O)(=O)c1c(C)c(C)cc(C)c1C. The van der Waals surface area contributed by atoms with Crippen molar-refractivity contribution in [2.45, 2.75) is 32.6 Å². The number of sulfonamides is 1. The van der Waals surface area contributed by atoms with Crippen molar-refractivity contribution in [1.29, 1.82) is 0 Å². The van der Waals surface area contributed by atoms with Crippen LogP contribution >= 0.6 is 0 Å². The summed E-state index contributed by atoms with van der Waals surface area (Å²) in [6.45, 7) is 7.22. The third kappa shape index (κ3) is 3.58. The lowest BCUT2D eigenvalue weighted by Crippen LogP contribution is -2.17. The van der Waals surface area contributed by atoms with Crippen LogP contribution in [0.2, 0.25) is 0 Å². The van der Waals surface area contributed by atoms with Gasteiger partial charge in [0.05, 0.1) is 28.7 Å². The molecule has 0 radical (unpaired) electrons. The normalized spacial score (nSPS) is 11.2. The standard InChI is InChI=1S/C17H20N2O5S/c1-10-8-11(2)13(4)17(12(10)3)25(22,23)18-15-7-6-14(19(20)21)9-16(15)24-5/h6-9,18H,1-5H3. The molecule has 134 valence electrons. The molecule has 2 aromatic rings. The fraction of sp³-hybridized carbons (Fsp3) is 0.294. The summed E-state index contributed by atoms with van der Waals surface area (Å²) >= 11 is 0. The molecule has 0 heterocycles. The summed E-state index contributed by atoms with van der Waals surface area (Å²) in [4.78, 5) is 10.5. The number of methoxy groups -OCH3 is 1. The number of nitro groups is 1. The highest BCUT2D eigenvalue weighted by Gasteiger charge is 2.24. The Kier molecular flexibility index (Phi) is 5.03. The maximum Gasteiger partial charge on any atom is 0.273 e. The topological polar surface area (TPSA) is 98.5 Å². The van der Waals surface area contributed by atoms with Crippen molar-refractivity contribution < 1.29 is 18.1 Å². The highest BCUT2D eigenvalue weighted by molar-refractivity contribution is 7.92. The number of benzene rings is 2. The number of ether oxygens (including phenoxy) is 1. The summed E-state index contributed by atoms with van der Waals surface area (Å²) in [7, 11) is -2.56. The largest absolute Gasteiger partial charge is 0.494 e. The summed E-state index contributed by atoms with van der Waals surface area (Å²) in [5, 5.41) is 10.9. The molecule has 0 aliphatic heterocycles. The molecule has 0 aromatic heterocycles. The Labute approximate surface area is 146 Å². The van der Waals surface area contributed by atoms with Crippen molar-refractivity contribution in [3.8, 4) is 5.75 Å². The Balaban J connectivity index is 2.56. The zero-order valence-corrected chi connectivity index (χ0v) is 15.5. The molecule has 0 aliphatic rings. The molecule has 0 spiro atoms. The first-order valence-corrected chi connectivity index (χ1v) is 8.99. The predicted molar refractivity (Wildman–Crippen MR) is 95.8 cm³/mol. The van der Waals surface area contributed by atoms with E-state index in [-0.39, 0.29) is 22.0 Å². The van der Waals surface area contributed by atoms with Crippen LogP contribution in [0.25, 0.3) is 0 Å². The number of aryl methyl sites for hydroxylation is 2. The molecule has 0 saturated carbocycles. The maximum absolute atomic E-state index is 12.9. The van der Waals surface area contributed by atoms with E-state index in [9.17, 15) is 18.5 Å². The molecule has 0 aliphatic carbocycles. The van der Waals surface area contributed by atoms with Crippen LogP contribution in [0.3, 0.4) is 0 Å².